The predicted octanol–water partition coefficient (Wildman–Crippen LogP) is 1.85. The van der Waals surface area contributed by atoms with Gasteiger partial charge in [-0.15, -0.1) is 11.3 Å². The van der Waals surface area contributed by atoms with Gasteiger partial charge in [0.1, 0.15) is 10.7 Å². The molecule has 1 heterocycles. The molecule has 0 fully saturated rings. The van der Waals surface area contributed by atoms with Crippen LogP contribution in [0.3, 0.4) is 0 Å². The molecule has 8 heteroatoms. The Kier molecular flexibility index (Phi) is 3.83. The zero-order valence-corrected chi connectivity index (χ0v) is 11.7. The van der Waals surface area contributed by atoms with Crippen LogP contribution in [0.15, 0.2) is 29.3 Å². The van der Waals surface area contributed by atoms with Crippen molar-refractivity contribution >= 4 is 26.5 Å². The van der Waals surface area contributed by atoms with E-state index in [1.165, 1.54) is 29.7 Å². The summed E-state index contributed by atoms with van der Waals surface area (Å²) in [4.78, 5) is 4.31. The molecule has 1 aromatic heterocycles. The van der Waals surface area contributed by atoms with E-state index in [1.807, 2.05) is 0 Å². The molecule has 0 spiro atoms. The van der Waals surface area contributed by atoms with Crippen molar-refractivity contribution in [3.8, 4) is 0 Å². The number of nitrogens with one attached hydrogen (secondary N) is 1. The molecule has 0 bridgehead atoms. The molecule has 0 amide bonds. The number of aromatic nitrogens is 1. The molecule has 0 unspecified atom stereocenters. The summed E-state index contributed by atoms with van der Waals surface area (Å²) in [6.45, 7) is 1.93. The number of aryl methyl sites for hydroxylation is 1. The standard InChI is InChI=1S/C11H12FN3O2S2/c1-7-6-14-11(18-7)15-19(16,17)10-4-8(5-13)2-3-9(10)12/h2-4,6H,5,13H2,1H3,(H,14,15). The van der Waals surface area contributed by atoms with Gasteiger partial charge < -0.3 is 5.73 Å². The summed E-state index contributed by atoms with van der Waals surface area (Å²) in [6, 6.07) is 3.75. The quantitative estimate of drug-likeness (QED) is 0.902. The van der Waals surface area contributed by atoms with Crippen molar-refractivity contribution in [2.45, 2.75) is 18.4 Å². The van der Waals surface area contributed by atoms with Crippen LogP contribution in [0.5, 0.6) is 0 Å². The summed E-state index contributed by atoms with van der Waals surface area (Å²) < 4.78 is 40.0. The van der Waals surface area contributed by atoms with Crippen LogP contribution in [-0.2, 0) is 16.6 Å². The van der Waals surface area contributed by atoms with E-state index in [9.17, 15) is 12.8 Å². The van der Waals surface area contributed by atoms with Crippen LogP contribution in [0.1, 0.15) is 10.4 Å². The van der Waals surface area contributed by atoms with E-state index in [4.69, 9.17) is 5.73 Å². The van der Waals surface area contributed by atoms with Gasteiger partial charge in [0.05, 0.1) is 0 Å². The summed E-state index contributed by atoms with van der Waals surface area (Å²) in [5, 5.41) is 0.204. The molecule has 0 aliphatic rings. The first-order valence-electron chi connectivity index (χ1n) is 5.36. The molecular formula is C11H12FN3O2S2. The molecule has 0 radical (unpaired) electrons. The zero-order chi connectivity index (χ0) is 14.0. The molecule has 3 N–H and O–H groups in total. The molecule has 0 aliphatic heterocycles. The van der Waals surface area contributed by atoms with E-state index in [0.717, 1.165) is 10.9 Å². The van der Waals surface area contributed by atoms with Gasteiger partial charge in [-0.2, -0.15) is 0 Å². The van der Waals surface area contributed by atoms with Crippen LogP contribution < -0.4 is 10.5 Å². The van der Waals surface area contributed by atoms with Crippen LogP contribution in [0.2, 0.25) is 0 Å². The molecule has 1 aromatic carbocycles. The number of sulfonamides is 1. The maximum Gasteiger partial charge on any atom is 0.266 e. The molecular weight excluding hydrogens is 289 g/mol. The Morgan fingerprint density at radius 3 is 2.79 bits per heavy atom. The smallest absolute Gasteiger partial charge is 0.266 e. The summed E-state index contributed by atoms with van der Waals surface area (Å²) in [5.41, 5.74) is 5.96. The monoisotopic (exact) mass is 301 g/mol. The second kappa shape index (κ2) is 5.24. The highest BCUT2D eigenvalue weighted by Crippen LogP contribution is 2.23. The normalized spacial score (nSPS) is 11.5. The maximum atomic E-state index is 13.6. The lowest BCUT2D eigenvalue weighted by atomic mass is 10.2. The van der Waals surface area contributed by atoms with Gasteiger partial charge in [-0.3, -0.25) is 4.72 Å². The molecule has 0 aliphatic carbocycles. The largest absolute Gasteiger partial charge is 0.326 e. The first-order chi connectivity index (χ1) is 8.92. The summed E-state index contributed by atoms with van der Waals surface area (Å²) in [7, 11) is -4.00. The maximum absolute atomic E-state index is 13.6. The highest BCUT2D eigenvalue weighted by atomic mass is 32.2. The highest BCUT2D eigenvalue weighted by Gasteiger charge is 2.20. The topological polar surface area (TPSA) is 85.1 Å². The van der Waals surface area contributed by atoms with Crippen molar-refractivity contribution in [2.75, 3.05) is 4.72 Å². The van der Waals surface area contributed by atoms with Crippen molar-refractivity contribution < 1.29 is 12.8 Å². The molecule has 0 saturated heterocycles. The van der Waals surface area contributed by atoms with Gasteiger partial charge in [-0.25, -0.2) is 17.8 Å². The SMILES string of the molecule is Cc1cnc(NS(=O)(=O)c2cc(CN)ccc2F)s1. The molecule has 0 saturated carbocycles. The lowest BCUT2D eigenvalue weighted by Crippen LogP contribution is -2.15. The first-order valence-corrected chi connectivity index (χ1v) is 7.66. The Balaban J connectivity index is 2.39. The minimum absolute atomic E-state index is 0.138. The average Bonchev–Trinajstić information content (AvgIpc) is 2.74. The third-order valence-electron chi connectivity index (χ3n) is 2.36. The van der Waals surface area contributed by atoms with Crippen LogP contribution >= 0.6 is 11.3 Å². The van der Waals surface area contributed by atoms with Crippen LogP contribution in [0.4, 0.5) is 9.52 Å². The number of rotatable bonds is 4. The minimum atomic E-state index is -4.00. The number of nitrogens with zero attached hydrogens (tertiary/aromatic N) is 1. The van der Waals surface area contributed by atoms with Crippen molar-refractivity contribution in [1.82, 2.24) is 4.98 Å². The van der Waals surface area contributed by atoms with E-state index < -0.39 is 20.7 Å². The number of benzene rings is 1. The third kappa shape index (κ3) is 3.09. The average molecular weight is 301 g/mol. The number of thiazole rings is 1. The van der Waals surface area contributed by atoms with Gasteiger partial charge >= 0.3 is 0 Å². The Morgan fingerprint density at radius 2 is 2.21 bits per heavy atom. The van der Waals surface area contributed by atoms with Crippen molar-refractivity contribution in [3.05, 3.63) is 40.7 Å². The first kappa shape index (κ1) is 13.9. The molecule has 2 aromatic rings. The summed E-state index contributed by atoms with van der Waals surface area (Å²) in [5.74, 6) is -0.821. The Hall–Kier alpha value is -1.51. The Bertz CT molecular complexity index is 698. The number of nitrogens with two attached hydrogens (primary N) is 1. The third-order valence-corrected chi connectivity index (χ3v) is 4.68. The molecule has 102 valence electrons. The van der Waals surface area contributed by atoms with Gasteiger partial charge in [-0.1, -0.05) is 6.07 Å². The summed E-state index contributed by atoms with van der Waals surface area (Å²) >= 11 is 1.18. The van der Waals surface area contributed by atoms with Crippen molar-refractivity contribution in [2.24, 2.45) is 5.73 Å². The summed E-state index contributed by atoms with van der Waals surface area (Å²) in [6.07, 6.45) is 1.54. The Labute approximate surface area is 114 Å². The van der Waals surface area contributed by atoms with Crippen molar-refractivity contribution in [3.63, 3.8) is 0 Å². The fraction of sp³-hybridized carbons (Fsp3) is 0.182. The fourth-order valence-corrected chi connectivity index (χ4v) is 3.49. The van der Waals surface area contributed by atoms with Gasteiger partial charge in [0, 0.05) is 17.6 Å². The second-order valence-corrected chi connectivity index (χ2v) is 6.74. The van der Waals surface area contributed by atoms with E-state index in [1.54, 1.807) is 6.92 Å². The Morgan fingerprint density at radius 1 is 1.47 bits per heavy atom. The second-order valence-electron chi connectivity index (χ2n) is 3.85. The highest BCUT2D eigenvalue weighted by molar-refractivity contribution is 7.93. The molecule has 0 atom stereocenters. The number of hydrogen-bond donors (Lipinski definition) is 2. The number of hydrogen-bond acceptors (Lipinski definition) is 5. The predicted molar refractivity (Wildman–Crippen MR) is 72.0 cm³/mol. The number of anilines is 1. The lowest BCUT2D eigenvalue weighted by Gasteiger charge is -2.07. The van der Waals surface area contributed by atoms with Gasteiger partial charge in [-0.05, 0) is 24.6 Å². The van der Waals surface area contributed by atoms with Gasteiger partial charge in [0.2, 0.25) is 0 Å². The fourth-order valence-electron chi connectivity index (χ4n) is 1.45. The van der Waals surface area contributed by atoms with E-state index in [2.05, 4.69) is 9.71 Å². The van der Waals surface area contributed by atoms with Crippen LogP contribution in [0, 0.1) is 12.7 Å². The van der Waals surface area contributed by atoms with Crippen molar-refractivity contribution in [1.29, 1.82) is 0 Å². The van der Waals surface area contributed by atoms with E-state index in [0.29, 0.717) is 5.56 Å². The molecule has 19 heavy (non-hydrogen) atoms. The lowest BCUT2D eigenvalue weighted by molar-refractivity contribution is 0.569. The van der Waals surface area contributed by atoms with Gasteiger partial charge in [0.15, 0.2) is 5.13 Å². The molecule has 2 rings (SSSR count). The van der Waals surface area contributed by atoms with E-state index >= 15 is 0 Å². The number of halogens is 1. The van der Waals surface area contributed by atoms with E-state index in [-0.39, 0.29) is 11.7 Å². The molecule has 5 nitrogen and oxygen atoms in total. The zero-order valence-electron chi connectivity index (χ0n) is 10.1. The van der Waals surface area contributed by atoms with Crippen LogP contribution in [0.25, 0.3) is 0 Å². The van der Waals surface area contributed by atoms with Crippen LogP contribution in [-0.4, -0.2) is 13.4 Å². The van der Waals surface area contributed by atoms with Gasteiger partial charge in [0.25, 0.3) is 10.0 Å². The minimum Gasteiger partial charge on any atom is -0.326 e.